The highest BCUT2D eigenvalue weighted by Gasteiger charge is 2.24. The Morgan fingerprint density at radius 3 is 2.43 bits per heavy atom. The van der Waals surface area contributed by atoms with Gasteiger partial charge in [0, 0.05) is 13.0 Å². The van der Waals surface area contributed by atoms with Crippen molar-refractivity contribution < 1.29 is 4.79 Å². The van der Waals surface area contributed by atoms with E-state index < -0.39 is 0 Å². The molecule has 124 valence electrons. The molecule has 1 amide bonds. The maximum Gasteiger partial charge on any atom is 0.220 e. The van der Waals surface area contributed by atoms with Gasteiger partial charge in [0.25, 0.3) is 0 Å². The summed E-state index contributed by atoms with van der Waals surface area (Å²) >= 11 is 0. The van der Waals surface area contributed by atoms with E-state index in [1.807, 2.05) is 0 Å². The van der Waals surface area contributed by atoms with Crippen LogP contribution < -0.4 is 11.1 Å². The first-order valence-corrected chi connectivity index (χ1v) is 8.90. The summed E-state index contributed by atoms with van der Waals surface area (Å²) in [5.41, 5.74) is 5.93. The summed E-state index contributed by atoms with van der Waals surface area (Å²) in [6, 6.07) is 0. The van der Waals surface area contributed by atoms with Crippen LogP contribution in [0.3, 0.4) is 0 Å². The second-order valence-corrected chi connectivity index (χ2v) is 7.82. The highest BCUT2D eigenvalue weighted by Crippen LogP contribution is 2.32. The standard InChI is InChI=1S/C18H36N2O/c1-18(2,3)16(11-13-19)9-10-17(21)20-14-12-15-7-5-4-6-8-15/h15-16H,4-14,19H2,1-3H3,(H,20,21). The molecule has 3 N–H and O–H groups in total. The molecule has 1 saturated carbocycles. The average Bonchev–Trinajstić information content (AvgIpc) is 2.43. The Labute approximate surface area is 131 Å². The number of hydrogen-bond acceptors (Lipinski definition) is 2. The van der Waals surface area contributed by atoms with E-state index in [9.17, 15) is 4.79 Å². The van der Waals surface area contributed by atoms with Gasteiger partial charge in [-0.15, -0.1) is 0 Å². The summed E-state index contributed by atoms with van der Waals surface area (Å²) < 4.78 is 0. The zero-order valence-electron chi connectivity index (χ0n) is 14.4. The molecule has 3 heteroatoms. The van der Waals surface area contributed by atoms with Crippen LogP contribution in [0.4, 0.5) is 0 Å². The summed E-state index contributed by atoms with van der Waals surface area (Å²) in [7, 11) is 0. The number of hydrogen-bond donors (Lipinski definition) is 2. The van der Waals surface area contributed by atoms with Gasteiger partial charge >= 0.3 is 0 Å². The summed E-state index contributed by atoms with van der Waals surface area (Å²) in [5.74, 6) is 1.60. The molecule has 1 aliphatic rings. The largest absolute Gasteiger partial charge is 0.356 e. The Bertz CT molecular complexity index is 290. The minimum Gasteiger partial charge on any atom is -0.356 e. The maximum absolute atomic E-state index is 12.0. The summed E-state index contributed by atoms with van der Waals surface area (Å²) in [5, 5.41) is 3.11. The zero-order chi connectivity index (χ0) is 15.7. The first-order valence-electron chi connectivity index (χ1n) is 8.90. The molecule has 0 saturated heterocycles. The van der Waals surface area contributed by atoms with Gasteiger partial charge in [-0.3, -0.25) is 4.79 Å². The van der Waals surface area contributed by atoms with Crippen LogP contribution in [-0.2, 0) is 4.79 Å². The molecule has 1 atom stereocenters. The van der Waals surface area contributed by atoms with Gasteiger partial charge in [-0.25, -0.2) is 0 Å². The molecule has 0 bridgehead atoms. The quantitative estimate of drug-likeness (QED) is 0.714. The number of rotatable bonds is 8. The first kappa shape index (κ1) is 18.5. The molecule has 21 heavy (non-hydrogen) atoms. The monoisotopic (exact) mass is 296 g/mol. The molecule has 0 heterocycles. The predicted molar refractivity (Wildman–Crippen MR) is 90.1 cm³/mol. The minimum atomic E-state index is 0.220. The van der Waals surface area contributed by atoms with Crippen molar-refractivity contribution in [1.29, 1.82) is 0 Å². The van der Waals surface area contributed by atoms with Crippen LogP contribution in [0.15, 0.2) is 0 Å². The zero-order valence-corrected chi connectivity index (χ0v) is 14.4. The Hall–Kier alpha value is -0.570. The lowest BCUT2D eigenvalue weighted by molar-refractivity contribution is -0.121. The molecule has 3 nitrogen and oxygen atoms in total. The van der Waals surface area contributed by atoms with Crippen LogP contribution in [0, 0.1) is 17.3 Å². The summed E-state index contributed by atoms with van der Waals surface area (Å²) in [6.45, 7) is 8.31. The van der Waals surface area contributed by atoms with Gasteiger partial charge in [0.15, 0.2) is 0 Å². The third kappa shape index (κ3) is 7.85. The van der Waals surface area contributed by atoms with Crippen molar-refractivity contribution >= 4 is 5.91 Å². The van der Waals surface area contributed by atoms with Crippen LogP contribution in [0.2, 0.25) is 0 Å². The molecule has 0 aromatic heterocycles. The molecule has 0 radical (unpaired) electrons. The predicted octanol–water partition coefficient (Wildman–Crippen LogP) is 3.86. The first-order chi connectivity index (χ1) is 9.93. The number of carbonyl (C=O) groups excluding carboxylic acids is 1. The number of amides is 1. The van der Waals surface area contributed by atoms with Gasteiger partial charge in [-0.1, -0.05) is 52.9 Å². The van der Waals surface area contributed by atoms with Crippen LogP contribution in [0.1, 0.15) is 78.6 Å². The van der Waals surface area contributed by atoms with Crippen molar-refractivity contribution in [3.8, 4) is 0 Å². The minimum absolute atomic E-state index is 0.220. The van der Waals surface area contributed by atoms with Gasteiger partial charge in [0.1, 0.15) is 0 Å². The Kier molecular flexibility index (Phi) is 8.31. The fourth-order valence-electron chi connectivity index (χ4n) is 3.50. The summed E-state index contributed by atoms with van der Waals surface area (Å²) in [4.78, 5) is 12.0. The number of nitrogens with one attached hydrogen (secondary N) is 1. The lowest BCUT2D eigenvalue weighted by Crippen LogP contribution is -2.29. The topological polar surface area (TPSA) is 55.1 Å². The SMILES string of the molecule is CC(C)(C)C(CCN)CCC(=O)NCCC1CCCCC1. The normalized spacial score (nSPS) is 18.5. The second-order valence-electron chi connectivity index (χ2n) is 7.82. The highest BCUT2D eigenvalue weighted by molar-refractivity contribution is 5.75. The van der Waals surface area contributed by atoms with Crippen molar-refractivity contribution in [1.82, 2.24) is 5.32 Å². The van der Waals surface area contributed by atoms with Crippen molar-refractivity contribution in [3.05, 3.63) is 0 Å². The molecular formula is C18H36N2O. The smallest absolute Gasteiger partial charge is 0.220 e. The van der Waals surface area contributed by atoms with Gasteiger partial charge in [0.2, 0.25) is 5.91 Å². The van der Waals surface area contributed by atoms with Crippen molar-refractivity contribution in [2.75, 3.05) is 13.1 Å². The second kappa shape index (κ2) is 9.45. The molecule has 0 aromatic carbocycles. The van der Waals surface area contributed by atoms with Crippen LogP contribution in [0.25, 0.3) is 0 Å². The fourth-order valence-corrected chi connectivity index (χ4v) is 3.50. The molecule has 0 spiro atoms. The lowest BCUT2D eigenvalue weighted by atomic mass is 9.76. The van der Waals surface area contributed by atoms with E-state index in [0.717, 1.165) is 31.7 Å². The van der Waals surface area contributed by atoms with Crippen molar-refractivity contribution in [2.45, 2.75) is 78.6 Å². The van der Waals surface area contributed by atoms with Gasteiger partial charge in [0.05, 0.1) is 0 Å². The molecule has 1 rings (SSSR count). The Balaban J connectivity index is 2.17. The van der Waals surface area contributed by atoms with Crippen molar-refractivity contribution in [3.63, 3.8) is 0 Å². The third-order valence-electron chi connectivity index (χ3n) is 5.06. The van der Waals surface area contributed by atoms with Crippen molar-refractivity contribution in [2.24, 2.45) is 23.0 Å². The van der Waals surface area contributed by atoms with E-state index in [1.54, 1.807) is 0 Å². The lowest BCUT2D eigenvalue weighted by Gasteiger charge is -2.30. The molecular weight excluding hydrogens is 260 g/mol. The molecule has 0 aliphatic heterocycles. The molecule has 1 aliphatic carbocycles. The number of carbonyl (C=O) groups is 1. The highest BCUT2D eigenvalue weighted by atomic mass is 16.1. The van der Waals surface area contributed by atoms with E-state index in [2.05, 4.69) is 26.1 Å². The Morgan fingerprint density at radius 1 is 1.19 bits per heavy atom. The van der Waals surface area contributed by atoms with E-state index in [1.165, 1.54) is 32.1 Å². The van der Waals surface area contributed by atoms with Gasteiger partial charge < -0.3 is 11.1 Å². The van der Waals surface area contributed by atoms with E-state index in [0.29, 0.717) is 18.9 Å². The Morgan fingerprint density at radius 2 is 1.86 bits per heavy atom. The maximum atomic E-state index is 12.0. The van der Waals surface area contributed by atoms with Crippen LogP contribution in [-0.4, -0.2) is 19.0 Å². The van der Waals surface area contributed by atoms with E-state index in [4.69, 9.17) is 5.73 Å². The van der Waals surface area contributed by atoms with Crippen LogP contribution in [0.5, 0.6) is 0 Å². The van der Waals surface area contributed by atoms with Crippen LogP contribution >= 0.6 is 0 Å². The number of nitrogens with two attached hydrogens (primary N) is 1. The molecule has 1 fully saturated rings. The van der Waals surface area contributed by atoms with E-state index >= 15 is 0 Å². The van der Waals surface area contributed by atoms with Gasteiger partial charge in [-0.2, -0.15) is 0 Å². The third-order valence-corrected chi connectivity index (χ3v) is 5.06. The van der Waals surface area contributed by atoms with Gasteiger partial charge in [-0.05, 0) is 43.1 Å². The van der Waals surface area contributed by atoms with E-state index in [-0.39, 0.29) is 11.3 Å². The summed E-state index contributed by atoms with van der Waals surface area (Å²) in [6.07, 6.45) is 10.7. The fraction of sp³-hybridized carbons (Fsp3) is 0.944. The molecule has 1 unspecified atom stereocenters. The average molecular weight is 296 g/mol. The molecule has 0 aromatic rings.